The second kappa shape index (κ2) is 8.28. The maximum absolute atomic E-state index is 13.0. The summed E-state index contributed by atoms with van der Waals surface area (Å²) < 4.78 is 13.0. The van der Waals surface area contributed by atoms with E-state index in [0.717, 1.165) is 11.1 Å². The molecule has 2 N–H and O–H groups in total. The van der Waals surface area contributed by atoms with Crippen LogP contribution in [0, 0.1) is 5.82 Å². The molecule has 2 aromatic rings. The van der Waals surface area contributed by atoms with Crippen molar-refractivity contribution in [1.82, 2.24) is 10.2 Å². The zero-order chi connectivity index (χ0) is 18.4. The highest BCUT2D eigenvalue weighted by molar-refractivity contribution is 5.88. The third kappa shape index (κ3) is 5.31. The highest BCUT2D eigenvalue weighted by Crippen LogP contribution is 2.19. The van der Waals surface area contributed by atoms with Gasteiger partial charge in [0, 0.05) is 26.2 Å². The van der Waals surface area contributed by atoms with Crippen LogP contribution in [-0.4, -0.2) is 23.9 Å². The zero-order valence-corrected chi connectivity index (χ0v) is 14.5. The predicted octanol–water partition coefficient (Wildman–Crippen LogP) is 3.69. The smallest absolute Gasteiger partial charge is 0.317 e. The Morgan fingerprint density at radius 2 is 1.84 bits per heavy atom. The molecule has 0 aliphatic heterocycles. The fraction of sp³-hybridized carbons (Fsp3) is 0.263. The molecule has 0 unspecified atom stereocenters. The molecule has 0 aliphatic rings. The predicted molar refractivity (Wildman–Crippen MR) is 95.6 cm³/mol. The second-order valence-electron chi connectivity index (χ2n) is 5.88. The van der Waals surface area contributed by atoms with Gasteiger partial charge in [0.2, 0.25) is 5.91 Å². The highest BCUT2D eigenvalue weighted by atomic mass is 19.1. The van der Waals surface area contributed by atoms with Crippen molar-refractivity contribution in [1.29, 1.82) is 0 Å². The first kappa shape index (κ1) is 18.4. The lowest BCUT2D eigenvalue weighted by Gasteiger charge is -2.25. The summed E-state index contributed by atoms with van der Waals surface area (Å²) in [6.07, 6.45) is 0. The molecule has 2 aromatic carbocycles. The summed E-state index contributed by atoms with van der Waals surface area (Å²) >= 11 is 0. The molecule has 1 atom stereocenters. The van der Waals surface area contributed by atoms with E-state index in [-0.39, 0.29) is 23.8 Å². The van der Waals surface area contributed by atoms with E-state index in [0.29, 0.717) is 12.2 Å². The summed E-state index contributed by atoms with van der Waals surface area (Å²) in [5.41, 5.74) is 2.42. The summed E-state index contributed by atoms with van der Waals surface area (Å²) in [6, 6.07) is 13.0. The molecule has 0 saturated carbocycles. The van der Waals surface area contributed by atoms with Crippen LogP contribution in [0.1, 0.15) is 31.0 Å². The van der Waals surface area contributed by atoms with Crippen LogP contribution >= 0.6 is 0 Å². The van der Waals surface area contributed by atoms with E-state index >= 15 is 0 Å². The Morgan fingerprint density at radius 3 is 2.48 bits per heavy atom. The van der Waals surface area contributed by atoms with Gasteiger partial charge >= 0.3 is 6.03 Å². The molecule has 0 fully saturated rings. The molecule has 0 saturated heterocycles. The average Bonchev–Trinajstić information content (AvgIpc) is 2.59. The van der Waals surface area contributed by atoms with Crippen molar-refractivity contribution in [2.24, 2.45) is 0 Å². The molecule has 132 valence electrons. The SMILES string of the molecule is CC(=O)Nc1cccc(CNC(=O)N(C)[C@H](C)c2ccc(F)cc2)c1. The molecule has 0 heterocycles. The number of hydrogen-bond donors (Lipinski definition) is 2. The summed E-state index contributed by atoms with van der Waals surface area (Å²) in [5, 5.41) is 5.55. The van der Waals surface area contributed by atoms with Gasteiger partial charge in [0.05, 0.1) is 6.04 Å². The Morgan fingerprint density at radius 1 is 1.16 bits per heavy atom. The van der Waals surface area contributed by atoms with E-state index in [9.17, 15) is 14.0 Å². The normalized spacial score (nSPS) is 11.5. The first-order chi connectivity index (χ1) is 11.9. The van der Waals surface area contributed by atoms with Crippen LogP contribution in [0.3, 0.4) is 0 Å². The van der Waals surface area contributed by atoms with E-state index in [2.05, 4.69) is 10.6 Å². The summed E-state index contributed by atoms with van der Waals surface area (Å²) in [7, 11) is 1.69. The maximum Gasteiger partial charge on any atom is 0.317 e. The van der Waals surface area contributed by atoms with Crippen LogP contribution in [0.15, 0.2) is 48.5 Å². The standard InChI is InChI=1S/C19H22FN3O2/c1-13(16-7-9-17(20)10-8-16)23(3)19(25)21-12-15-5-4-6-18(11-15)22-14(2)24/h4-11,13H,12H2,1-3H3,(H,21,25)(H,22,24)/t13-/m1/s1. The lowest BCUT2D eigenvalue weighted by atomic mass is 10.1. The Balaban J connectivity index is 1.95. The lowest BCUT2D eigenvalue weighted by Crippen LogP contribution is -2.38. The second-order valence-corrected chi connectivity index (χ2v) is 5.88. The van der Waals surface area contributed by atoms with Crippen LogP contribution in [0.4, 0.5) is 14.9 Å². The number of hydrogen-bond acceptors (Lipinski definition) is 2. The zero-order valence-electron chi connectivity index (χ0n) is 14.5. The molecular weight excluding hydrogens is 321 g/mol. The Bertz CT molecular complexity index is 747. The van der Waals surface area contributed by atoms with Crippen molar-refractivity contribution in [2.75, 3.05) is 12.4 Å². The molecule has 0 radical (unpaired) electrons. The first-order valence-electron chi connectivity index (χ1n) is 7.99. The lowest BCUT2D eigenvalue weighted by molar-refractivity contribution is -0.114. The summed E-state index contributed by atoms with van der Waals surface area (Å²) in [6.45, 7) is 3.66. The number of benzene rings is 2. The molecule has 0 aromatic heterocycles. The molecule has 0 spiro atoms. The van der Waals surface area contributed by atoms with E-state index < -0.39 is 0 Å². The van der Waals surface area contributed by atoms with Crippen molar-refractivity contribution in [3.05, 3.63) is 65.5 Å². The van der Waals surface area contributed by atoms with Crippen LogP contribution in [-0.2, 0) is 11.3 Å². The minimum absolute atomic E-state index is 0.144. The largest absolute Gasteiger partial charge is 0.334 e. The van der Waals surface area contributed by atoms with Crippen molar-refractivity contribution in [3.8, 4) is 0 Å². The molecule has 0 bridgehead atoms. The van der Waals surface area contributed by atoms with Crippen molar-refractivity contribution in [3.63, 3.8) is 0 Å². The van der Waals surface area contributed by atoms with Crippen LogP contribution in [0.25, 0.3) is 0 Å². The van der Waals surface area contributed by atoms with Crippen LogP contribution in [0.5, 0.6) is 0 Å². The van der Waals surface area contributed by atoms with E-state index in [4.69, 9.17) is 0 Å². The minimum Gasteiger partial charge on any atom is -0.334 e. The van der Waals surface area contributed by atoms with Gasteiger partial charge in [-0.2, -0.15) is 0 Å². The fourth-order valence-electron chi connectivity index (χ4n) is 2.41. The van der Waals surface area contributed by atoms with Gasteiger partial charge in [-0.15, -0.1) is 0 Å². The number of nitrogens with zero attached hydrogens (tertiary/aromatic N) is 1. The molecule has 5 nitrogen and oxygen atoms in total. The van der Waals surface area contributed by atoms with Gasteiger partial charge in [-0.3, -0.25) is 4.79 Å². The molecule has 2 rings (SSSR count). The summed E-state index contributed by atoms with van der Waals surface area (Å²) in [4.78, 5) is 25.0. The average molecular weight is 343 g/mol. The minimum atomic E-state index is -0.304. The van der Waals surface area contributed by atoms with Gasteiger partial charge in [-0.25, -0.2) is 9.18 Å². The highest BCUT2D eigenvalue weighted by Gasteiger charge is 2.17. The quantitative estimate of drug-likeness (QED) is 0.870. The Labute approximate surface area is 146 Å². The van der Waals surface area contributed by atoms with Gasteiger partial charge in [0.1, 0.15) is 5.82 Å². The van der Waals surface area contributed by atoms with Gasteiger partial charge in [-0.1, -0.05) is 24.3 Å². The van der Waals surface area contributed by atoms with Crippen LogP contribution in [0.2, 0.25) is 0 Å². The third-order valence-corrected chi connectivity index (χ3v) is 3.94. The molecule has 6 heteroatoms. The van der Waals surface area contributed by atoms with Gasteiger partial charge in [0.25, 0.3) is 0 Å². The van der Waals surface area contributed by atoms with Gasteiger partial charge in [0.15, 0.2) is 0 Å². The number of urea groups is 1. The number of amides is 3. The molecule has 0 aliphatic carbocycles. The number of carbonyl (C=O) groups is 2. The van der Waals surface area contributed by atoms with Crippen molar-refractivity contribution >= 4 is 17.6 Å². The monoisotopic (exact) mass is 343 g/mol. The van der Waals surface area contributed by atoms with Gasteiger partial charge in [-0.05, 0) is 42.3 Å². The number of halogens is 1. The van der Waals surface area contributed by atoms with E-state index in [1.165, 1.54) is 19.1 Å². The van der Waals surface area contributed by atoms with Crippen molar-refractivity contribution < 1.29 is 14.0 Å². The number of carbonyl (C=O) groups excluding carboxylic acids is 2. The summed E-state index contributed by atoms with van der Waals surface area (Å²) in [5.74, 6) is -0.448. The third-order valence-electron chi connectivity index (χ3n) is 3.94. The maximum atomic E-state index is 13.0. The number of rotatable bonds is 5. The first-order valence-corrected chi connectivity index (χ1v) is 7.99. The van der Waals surface area contributed by atoms with Crippen LogP contribution < -0.4 is 10.6 Å². The number of nitrogens with one attached hydrogen (secondary N) is 2. The molecular formula is C19H22FN3O2. The molecule has 3 amide bonds. The fourth-order valence-corrected chi connectivity index (χ4v) is 2.41. The topological polar surface area (TPSA) is 61.4 Å². The van der Waals surface area contributed by atoms with E-state index in [1.54, 1.807) is 30.1 Å². The Hall–Kier alpha value is -2.89. The van der Waals surface area contributed by atoms with Gasteiger partial charge < -0.3 is 15.5 Å². The molecule has 25 heavy (non-hydrogen) atoms. The van der Waals surface area contributed by atoms with Crippen molar-refractivity contribution in [2.45, 2.75) is 26.4 Å². The Kier molecular flexibility index (Phi) is 6.11. The van der Waals surface area contributed by atoms with E-state index in [1.807, 2.05) is 25.1 Å². The number of anilines is 1.